The molecule has 0 aromatic heterocycles. The van der Waals surface area contributed by atoms with E-state index in [1.54, 1.807) is 6.08 Å². The van der Waals surface area contributed by atoms with Gasteiger partial charge in [-0.05, 0) is 45.4 Å². The minimum Gasteiger partial charge on any atom is -0.388 e. The molecule has 2 saturated heterocycles. The molecule has 8 atom stereocenters. The zero-order valence-corrected chi connectivity index (χ0v) is 15.8. The summed E-state index contributed by atoms with van der Waals surface area (Å²) in [6.45, 7) is 19.3. The lowest BCUT2D eigenvalue weighted by Crippen LogP contribution is -2.66. The molecule has 23 heavy (non-hydrogen) atoms. The number of aliphatic hydroxyl groups is 1. The third kappa shape index (κ3) is 1.88. The topological polar surface area (TPSA) is 38.7 Å². The fourth-order valence-electron chi connectivity index (χ4n) is 5.99. The summed E-state index contributed by atoms with van der Waals surface area (Å²) in [5.41, 5.74) is -0.876. The van der Waals surface area contributed by atoms with Crippen LogP contribution in [-0.2, 0) is 9.47 Å². The van der Waals surface area contributed by atoms with E-state index in [-0.39, 0.29) is 22.5 Å². The van der Waals surface area contributed by atoms with Crippen LogP contribution in [0.1, 0.15) is 61.3 Å². The first-order chi connectivity index (χ1) is 10.5. The highest BCUT2D eigenvalue weighted by Crippen LogP contribution is 2.68. The predicted molar refractivity (Wildman–Crippen MR) is 91.9 cm³/mol. The average Bonchev–Trinajstić information content (AvgIpc) is 2.77. The molecule has 2 aliphatic heterocycles. The maximum absolute atomic E-state index is 10.7. The Morgan fingerprint density at radius 1 is 1.04 bits per heavy atom. The van der Waals surface area contributed by atoms with Crippen molar-refractivity contribution in [3.63, 3.8) is 0 Å². The molecule has 3 fully saturated rings. The number of rotatable bonds is 2. The van der Waals surface area contributed by atoms with Crippen molar-refractivity contribution in [2.75, 3.05) is 0 Å². The van der Waals surface area contributed by atoms with E-state index in [1.165, 1.54) is 0 Å². The maximum atomic E-state index is 10.7. The van der Waals surface area contributed by atoms with Gasteiger partial charge in [-0.1, -0.05) is 33.8 Å². The van der Waals surface area contributed by atoms with Gasteiger partial charge in [-0.3, -0.25) is 0 Å². The largest absolute Gasteiger partial charge is 0.388 e. The summed E-state index contributed by atoms with van der Waals surface area (Å²) >= 11 is 0. The van der Waals surface area contributed by atoms with Crippen LogP contribution in [0.25, 0.3) is 0 Å². The van der Waals surface area contributed by atoms with Gasteiger partial charge < -0.3 is 14.6 Å². The molecule has 0 aromatic rings. The van der Waals surface area contributed by atoms with Gasteiger partial charge >= 0.3 is 0 Å². The second-order valence-corrected chi connectivity index (χ2v) is 9.23. The van der Waals surface area contributed by atoms with Crippen LogP contribution in [0, 0.1) is 29.1 Å². The maximum Gasteiger partial charge on any atom is 0.175 e. The smallest absolute Gasteiger partial charge is 0.175 e. The number of ether oxygens (including phenoxy) is 2. The summed E-state index contributed by atoms with van der Waals surface area (Å²) < 4.78 is 13.5. The highest BCUT2D eigenvalue weighted by atomic mass is 16.7. The van der Waals surface area contributed by atoms with E-state index in [9.17, 15) is 5.11 Å². The molecule has 0 amide bonds. The summed E-state index contributed by atoms with van der Waals surface area (Å²) in [7, 11) is 0. The number of aliphatic hydroxyl groups excluding tert-OH is 1. The van der Waals surface area contributed by atoms with E-state index in [0.29, 0.717) is 17.8 Å². The Morgan fingerprint density at radius 3 is 2.13 bits per heavy atom. The predicted octanol–water partition coefficient (Wildman–Crippen LogP) is 4.15. The molecule has 132 valence electrons. The molecule has 3 heteroatoms. The van der Waals surface area contributed by atoms with Crippen molar-refractivity contribution >= 4 is 0 Å². The lowest BCUT2D eigenvalue weighted by atomic mass is 9.59. The van der Waals surface area contributed by atoms with Crippen LogP contribution in [0.4, 0.5) is 0 Å². The van der Waals surface area contributed by atoms with Crippen LogP contribution in [0.3, 0.4) is 0 Å². The third-order valence-corrected chi connectivity index (χ3v) is 8.21. The van der Waals surface area contributed by atoms with Crippen LogP contribution in [0.5, 0.6) is 0 Å². The van der Waals surface area contributed by atoms with Gasteiger partial charge in [-0.15, -0.1) is 6.58 Å². The molecule has 1 spiro atoms. The first-order valence-corrected chi connectivity index (χ1v) is 9.17. The van der Waals surface area contributed by atoms with Crippen molar-refractivity contribution < 1.29 is 14.6 Å². The van der Waals surface area contributed by atoms with E-state index < -0.39 is 11.9 Å². The Hall–Kier alpha value is -0.380. The summed E-state index contributed by atoms with van der Waals surface area (Å²) in [6.07, 6.45) is 3.17. The summed E-state index contributed by atoms with van der Waals surface area (Å²) in [4.78, 5) is 0. The van der Waals surface area contributed by atoms with Gasteiger partial charge in [-0.25, -0.2) is 0 Å². The Balaban J connectivity index is 2.07. The van der Waals surface area contributed by atoms with E-state index in [0.717, 1.165) is 12.8 Å². The van der Waals surface area contributed by atoms with E-state index in [4.69, 9.17) is 9.47 Å². The minimum absolute atomic E-state index is 0.186. The molecule has 2 bridgehead atoms. The Morgan fingerprint density at radius 2 is 1.65 bits per heavy atom. The van der Waals surface area contributed by atoms with E-state index in [2.05, 4.69) is 55.0 Å². The molecule has 0 radical (unpaired) electrons. The van der Waals surface area contributed by atoms with Crippen LogP contribution in [0.15, 0.2) is 12.7 Å². The number of hydrogen-bond donors (Lipinski definition) is 1. The SMILES string of the molecule is C=CC(O)C1(C)C2CCC1(C)OC1(OC(C)(C)C(C)C1C)C2C. The fourth-order valence-corrected chi connectivity index (χ4v) is 5.99. The first kappa shape index (κ1) is 17.4. The second-order valence-electron chi connectivity index (χ2n) is 9.23. The van der Waals surface area contributed by atoms with Crippen molar-refractivity contribution in [1.29, 1.82) is 0 Å². The van der Waals surface area contributed by atoms with Crippen molar-refractivity contribution in [3.05, 3.63) is 12.7 Å². The molecule has 0 aromatic carbocycles. The highest BCUT2D eigenvalue weighted by Gasteiger charge is 2.73. The lowest BCUT2D eigenvalue weighted by molar-refractivity contribution is -0.379. The van der Waals surface area contributed by atoms with Crippen molar-refractivity contribution in [2.45, 2.75) is 84.4 Å². The molecule has 1 aliphatic carbocycles. The summed E-state index contributed by atoms with van der Waals surface area (Å²) in [5.74, 6) is 0.841. The van der Waals surface area contributed by atoms with E-state index in [1.807, 2.05) is 0 Å². The quantitative estimate of drug-likeness (QED) is 0.776. The van der Waals surface area contributed by atoms with Crippen molar-refractivity contribution in [1.82, 2.24) is 0 Å². The molecule has 3 nitrogen and oxygen atoms in total. The van der Waals surface area contributed by atoms with Crippen molar-refractivity contribution in [3.8, 4) is 0 Å². The summed E-state index contributed by atoms with van der Waals surface area (Å²) in [6, 6.07) is 0. The normalized spacial score (nSPS) is 56.0. The number of hydrogen-bond acceptors (Lipinski definition) is 3. The first-order valence-electron chi connectivity index (χ1n) is 9.17. The summed E-state index contributed by atoms with van der Waals surface area (Å²) in [5, 5.41) is 10.7. The van der Waals surface area contributed by atoms with Crippen LogP contribution in [-0.4, -0.2) is 28.2 Å². The molecule has 8 unspecified atom stereocenters. The molecule has 1 saturated carbocycles. The lowest BCUT2D eigenvalue weighted by Gasteiger charge is -2.59. The molecule has 3 rings (SSSR count). The average molecular weight is 322 g/mol. The van der Waals surface area contributed by atoms with Crippen molar-refractivity contribution in [2.24, 2.45) is 29.1 Å². The van der Waals surface area contributed by atoms with Gasteiger partial charge in [0.25, 0.3) is 0 Å². The van der Waals surface area contributed by atoms with Crippen LogP contribution < -0.4 is 0 Å². The molecule has 3 aliphatic rings. The van der Waals surface area contributed by atoms with Gasteiger partial charge in [0, 0.05) is 17.3 Å². The minimum atomic E-state index is -0.554. The Kier molecular flexibility index (Phi) is 3.66. The van der Waals surface area contributed by atoms with Gasteiger partial charge in [0.1, 0.15) is 0 Å². The van der Waals surface area contributed by atoms with E-state index >= 15 is 0 Å². The van der Waals surface area contributed by atoms with Gasteiger partial charge in [0.15, 0.2) is 5.79 Å². The van der Waals surface area contributed by atoms with Gasteiger partial charge in [-0.2, -0.15) is 0 Å². The second kappa shape index (κ2) is 4.83. The van der Waals surface area contributed by atoms with Gasteiger partial charge in [0.2, 0.25) is 0 Å². The molecular formula is C20H34O3. The Bertz CT molecular complexity index is 515. The number of fused-ring (bicyclic) bond motifs is 2. The van der Waals surface area contributed by atoms with Crippen LogP contribution >= 0.6 is 0 Å². The fraction of sp³-hybridized carbons (Fsp3) is 0.900. The Labute approximate surface area is 141 Å². The molecular weight excluding hydrogens is 288 g/mol. The van der Waals surface area contributed by atoms with Crippen LogP contribution in [0.2, 0.25) is 0 Å². The molecule has 2 heterocycles. The van der Waals surface area contributed by atoms with Gasteiger partial charge in [0.05, 0.1) is 17.3 Å². The molecule has 1 N–H and O–H groups in total. The highest BCUT2D eigenvalue weighted by molar-refractivity contribution is 5.19. The third-order valence-electron chi connectivity index (χ3n) is 8.21. The standard InChI is InChI=1S/C20H34O3/c1-9-16(21)19(8)15-10-11-18(19,7)23-20(14(15)4)13(3)12(2)17(5,6)22-20/h9,12-16,21H,1,10-11H2,2-8H3. The zero-order valence-electron chi connectivity index (χ0n) is 15.8. The monoisotopic (exact) mass is 322 g/mol. The zero-order chi connectivity index (χ0) is 17.4.